The van der Waals surface area contributed by atoms with Crippen LogP contribution < -0.4 is 27.4 Å². The number of amides is 4. The van der Waals surface area contributed by atoms with Crippen LogP contribution in [0.25, 0.3) is 0 Å². The highest BCUT2D eigenvalue weighted by Crippen LogP contribution is 2.06. The molecule has 0 saturated carbocycles. The smallest absolute Gasteiger partial charge is 0.326 e. The van der Waals surface area contributed by atoms with Crippen molar-refractivity contribution in [2.45, 2.75) is 70.1 Å². The van der Waals surface area contributed by atoms with Crippen LogP contribution in [0.5, 0.6) is 0 Å². The highest BCUT2D eigenvalue weighted by Gasteiger charge is 2.32. The molecule has 4 unspecified atom stereocenters. The van der Waals surface area contributed by atoms with Gasteiger partial charge in [-0.3, -0.25) is 28.8 Å². The average molecular weight is 489 g/mol. The fourth-order valence-electron chi connectivity index (χ4n) is 2.76. The molecule has 0 spiro atoms. The van der Waals surface area contributed by atoms with E-state index in [0.29, 0.717) is 0 Å². The van der Waals surface area contributed by atoms with Crippen molar-refractivity contribution in [1.29, 1.82) is 0 Å². The van der Waals surface area contributed by atoms with Crippen molar-refractivity contribution >= 4 is 41.5 Å². The van der Waals surface area contributed by atoms with Gasteiger partial charge in [-0.25, -0.2) is 4.79 Å². The molecule has 0 radical (unpaired) electrons. The van der Waals surface area contributed by atoms with Gasteiger partial charge < -0.3 is 42.7 Å². The summed E-state index contributed by atoms with van der Waals surface area (Å²) in [6.07, 6.45) is -2.51. The Labute approximate surface area is 194 Å². The van der Waals surface area contributed by atoms with Crippen molar-refractivity contribution in [1.82, 2.24) is 16.0 Å². The summed E-state index contributed by atoms with van der Waals surface area (Å²) in [7, 11) is 0. The number of hydrogen-bond donors (Lipinski definition) is 8. The van der Waals surface area contributed by atoms with Gasteiger partial charge in [-0.05, 0) is 18.8 Å². The maximum Gasteiger partial charge on any atom is 0.326 e. The van der Waals surface area contributed by atoms with Crippen LogP contribution in [-0.4, -0.2) is 81.0 Å². The van der Waals surface area contributed by atoms with E-state index in [-0.39, 0.29) is 12.3 Å². The molecule has 4 amide bonds. The predicted octanol–water partition coefficient (Wildman–Crippen LogP) is -2.89. The molecule has 15 nitrogen and oxygen atoms in total. The number of carboxylic acids is 3. The van der Waals surface area contributed by atoms with E-state index in [1.165, 1.54) is 0 Å². The molecule has 0 aromatic carbocycles. The van der Waals surface area contributed by atoms with E-state index >= 15 is 0 Å². The first-order valence-electron chi connectivity index (χ1n) is 10.2. The van der Waals surface area contributed by atoms with E-state index in [9.17, 15) is 33.6 Å². The van der Waals surface area contributed by atoms with E-state index in [2.05, 4.69) is 10.6 Å². The van der Waals surface area contributed by atoms with Gasteiger partial charge in [-0.1, -0.05) is 13.8 Å². The highest BCUT2D eigenvalue weighted by atomic mass is 16.4. The Morgan fingerprint density at radius 2 is 1.24 bits per heavy atom. The molecule has 0 aliphatic heterocycles. The van der Waals surface area contributed by atoms with Crippen LogP contribution in [0.1, 0.15) is 46.0 Å². The molecule has 0 saturated heterocycles. The zero-order chi connectivity index (χ0) is 26.6. The van der Waals surface area contributed by atoms with Crippen LogP contribution in [-0.2, 0) is 33.6 Å². The zero-order valence-corrected chi connectivity index (χ0v) is 18.8. The topological polar surface area (TPSA) is 268 Å². The van der Waals surface area contributed by atoms with E-state index in [1.54, 1.807) is 13.8 Å². The third-order valence-corrected chi connectivity index (χ3v) is 4.37. The molecule has 0 fully saturated rings. The van der Waals surface area contributed by atoms with Crippen molar-refractivity contribution in [2.24, 2.45) is 17.4 Å². The first-order valence-corrected chi connectivity index (χ1v) is 10.2. The lowest BCUT2D eigenvalue weighted by atomic mass is 10.0. The van der Waals surface area contributed by atoms with Gasteiger partial charge in [0.15, 0.2) is 0 Å². The number of nitrogens with two attached hydrogens (primary N) is 2. The molecule has 0 aliphatic carbocycles. The van der Waals surface area contributed by atoms with Gasteiger partial charge in [0.05, 0.1) is 18.9 Å². The Morgan fingerprint density at radius 1 is 0.735 bits per heavy atom. The summed E-state index contributed by atoms with van der Waals surface area (Å²) in [5.41, 5.74) is 10.9. The Kier molecular flexibility index (Phi) is 12.8. The first kappa shape index (κ1) is 30.2. The van der Waals surface area contributed by atoms with Crippen LogP contribution in [0, 0.1) is 5.92 Å². The third kappa shape index (κ3) is 12.3. The third-order valence-electron chi connectivity index (χ3n) is 4.37. The molecule has 34 heavy (non-hydrogen) atoms. The van der Waals surface area contributed by atoms with Gasteiger partial charge in [-0.15, -0.1) is 0 Å². The van der Waals surface area contributed by atoms with Crippen molar-refractivity contribution in [2.75, 3.05) is 0 Å². The molecule has 15 heteroatoms. The number of rotatable bonds is 16. The highest BCUT2D eigenvalue weighted by molar-refractivity contribution is 5.96. The fraction of sp³-hybridized carbons (Fsp3) is 0.632. The van der Waals surface area contributed by atoms with E-state index in [1.807, 2.05) is 5.32 Å². The second-order valence-electron chi connectivity index (χ2n) is 7.96. The number of hydrogen-bond acceptors (Lipinski definition) is 8. The minimum atomic E-state index is -1.86. The van der Waals surface area contributed by atoms with Crippen LogP contribution >= 0.6 is 0 Å². The quantitative estimate of drug-likeness (QED) is 0.109. The van der Waals surface area contributed by atoms with Gasteiger partial charge in [0.1, 0.15) is 18.1 Å². The molecule has 192 valence electrons. The number of carbonyl (C=O) groups excluding carboxylic acids is 4. The minimum Gasteiger partial charge on any atom is -0.481 e. The van der Waals surface area contributed by atoms with Gasteiger partial charge in [0, 0.05) is 6.42 Å². The lowest BCUT2D eigenvalue weighted by Gasteiger charge is -2.24. The molecular weight excluding hydrogens is 458 g/mol. The number of carbonyl (C=O) groups is 7. The summed E-state index contributed by atoms with van der Waals surface area (Å²) in [5, 5.41) is 33.1. The van der Waals surface area contributed by atoms with Crippen molar-refractivity contribution < 1.29 is 48.9 Å². The molecular formula is C19H31N5O10. The fourth-order valence-corrected chi connectivity index (χ4v) is 2.76. The van der Waals surface area contributed by atoms with Gasteiger partial charge in [0.25, 0.3) is 0 Å². The van der Waals surface area contributed by atoms with Gasteiger partial charge in [0.2, 0.25) is 23.6 Å². The average Bonchev–Trinajstić information content (AvgIpc) is 2.68. The summed E-state index contributed by atoms with van der Waals surface area (Å²) in [6, 6.07) is -6.06. The van der Waals surface area contributed by atoms with Crippen LogP contribution in [0.4, 0.5) is 0 Å². The summed E-state index contributed by atoms with van der Waals surface area (Å²) >= 11 is 0. The van der Waals surface area contributed by atoms with Crippen molar-refractivity contribution in [3.05, 3.63) is 0 Å². The Morgan fingerprint density at radius 3 is 1.68 bits per heavy atom. The lowest BCUT2D eigenvalue weighted by molar-refractivity contribution is -0.147. The van der Waals surface area contributed by atoms with Crippen molar-refractivity contribution in [3.63, 3.8) is 0 Å². The second-order valence-corrected chi connectivity index (χ2v) is 7.96. The first-order chi connectivity index (χ1) is 15.6. The molecule has 0 heterocycles. The molecule has 0 rings (SSSR count). The number of primary amides is 1. The zero-order valence-electron chi connectivity index (χ0n) is 18.8. The second kappa shape index (κ2) is 14.4. The van der Waals surface area contributed by atoms with Crippen LogP contribution in [0.2, 0.25) is 0 Å². The summed E-state index contributed by atoms with van der Waals surface area (Å²) in [4.78, 5) is 81.8. The molecule has 4 atom stereocenters. The van der Waals surface area contributed by atoms with E-state index < -0.39 is 91.4 Å². The molecule has 0 aromatic heterocycles. The Bertz CT molecular complexity index is 800. The molecule has 0 aliphatic rings. The largest absolute Gasteiger partial charge is 0.481 e. The van der Waals surface area contributed by atoms with Crippen LogP contribution in [0.3, 0.4) is 0 Å². The van der Waals surface area contributed by atoms with Gasteiger partial charge in [-0.2, -0.15) is 0 Å². The summed E-state index contributed by atoms with van der Waals surface area (Å²) in [6.45, 7) is 3.61. The maximum atomic E-state index is 12.7. The SMILES string of the molecule is CC(C)CC(N)C(=O)NC(CC(N)=O)C(=O)NC(CCC(=O)O)C(=O)NC(CC(=O)O)C(=O)O. The maximum absolute atomic E-state index is 12.7. The number of aliphatic carboxylic acids is 3. The summed E-state index contributed by atoms with van der Waals surface area (Å²) < 4.78 is 0. The Balaban J connectivity index is 5.61. The molecule has 0 bridgehead atoms. The minimum absolute atomic E-state index is 0.0428. The summed E-state index contributed by atoms with van der Waals surface area (Å²) in [5.74, 6) is -8.50. The standard InChI is InChI=1S/C19H31N5O10/c1-8(2)5-9(20)16(30)23-11(6-13(21)25)18(32)22-10(3-4-14(26)27)17(31)24-12(19(33)34)7-15(28)29/h8-12H,3-7,20H2,1-2H3,(H2,21,25)(H,22,32)(H,23,30)(H,24,31)(H,26,27)(H,28,29)(H,33,34). The number of carboxylic acid groups (broad SMARTS) is 3. The normalized spacial score (nSPS) is 14.2. The van der Waals surface area contributed by atoms with Crippen molar-refractivity contribution in [3.8, 4) is 0 Å². The van der Waals surface area contributed by atoms with E-state index in [0.717, 1.165) is 0 Å². The van der Waals surface area contributed by atoms with E-state index in [4.69, 9.17) is 26.8 Å². The lowest BCUT2D eigenvalue weighted by Crippen LogP contribution is -2.58. The monoisotopic (exact) mass is 489 g/mol. The predicted molar refractivity (Wildman–Crippen MR) is 114 cm³/mol. The van der Waals surface area contributed by atoms with Crippen LogP contribution in [0.15, 0.2) is 0 Å². The Hall–Kier alpha value is -3.75. The number of nitrogens with one attached hydrogen (secondary N) is 3. The molecule has 10 N–H and O–H groups in total. The molecule has 0 aromatic rings. The van der Waals surface area contributed by atoms with Gasteiger partial charge >= 0.3 is 17.9 Å².